The van der Waals surface area contributed by atoms with E-state index in [1.165, 1.54) is 11.2 Å². The molecule has 25 heavy (non-hydrogen) atoms. The van der Waals surface area contributed by atoms with Crippen LogP contribution >= 0.6 is 11.3 Å². The largest absolute Gasteiger partial charge is 0.342 e. The monoisotopic (exact) mass is 377 g/mol. The second-order valence-corrected chi connectivity index (χ2v) is 8.83. The van der Waals surface area contributed by atoms with Gasteiger partial charge in [-0.3, -0.25) is 4.79 Å². The first-order valence-electron chi connectivity index (χ1n) is 7.63. The molecule has 1 N–H and O–H groups in total. The van der Waals surface area contributed by atoms with Gasteiger partial charge in [0, 0.05) is 31.2 Å². The number of benzene rings is 1. The average molecular weight is 377 g/mol. The molecular formula is C15H15N5O3S2. The summed E-state index contributed by atoms with van der Waals surface area (Å²) in [5, 5.41) is 11.2. The number of rotatable bonds is 3. The van der Waals surface area contributed by atoms with Crippen LogP contribution in [-0.2, 0) is 27.9 Å². The summed E-state index contributed by atoms with van der Waals surface area (Å²) in [4.78, 5) is 11.1. The van der Waals surface area contributed by atoms with E-state index >= 15 is 0 Å². The molecule has 0 spiro atoms. The van der Waals surface area contributed by atoms with Crippen molar-refractivity contribution in [2.24, 2.45) is 0 Å². The Balaban J connectivity index is 1.64. The molecule has 0 bridgehead atoms. The SMILES string of the molecule is CC(=O)Nc1nnc(S(=O)(=O)N2CCn3c(cc4ccccc43)C2)s1. The third-order valence-electron chi connectivity index (χ3n) is 4.06. The minimum atomic E-state index is -3.74. The Morgan fingerprint density at radius 1 is 1.24 bits per heavy atom. The molecule has 0 radical (unpaired) electrons. The highest BCUT2D eigenvalue weighted by molar-refractivity contribution is 7.91. The van der Waals surface area contributed by atoms with Crippen molar-refractivity contribution in [1.82, 2.24) is 19.1 Å². The summed E-state index contributed by atoms with van der Waals surface area (Å²) >= 11 is 0.858. The topological polar surface area (TPSA) is 97.2 Å². The quantitative estimate of drug-likeness (QED) is 0.700. The number of para-hydroxylation sites is 1. The molecule has 2 aromatic heterocycles. The highest BCUT2D eigenvalue weighted by Gasteiger charge is 2.32. The van der Waals surface area contributed by atoms with Crippen molar-refractivity contribution in [3.63, 3.8) is 0 Å². The number of nitrogens with one attached hydrogen (secondary N) is 1. The highest BCUT2D eigenvalue weighted by Crippen LogP contribution is 2.29. The van der Waals surface area contributed by atoms with Gasteiger partial charge in [0.15, 0.2) is 0 Å². The number of carbonyl (C=O) groups excluding carboxylic acids is 1. The van der Waals surface area contributed by atoms with Crippen molar-refractivity contribution in [3.05, 3.63) is 36.0 Å². The predicted molar refractivity (Wildman–Crippen MR) is 93.7 cm³/mol. The summed E-state index contributed by atoms with van der Waals surface area (Å²) in [6, 6.07) is 10.0. The van der Waals surface area contributed by atoms with Crippen molar-refractivity contribution >= 4 is 43.3 Å². The molecule has 1 aliphatic heterocycles. The number of amides is 1. The van der Waals surface area contributed by atoms with E-state index in [1.54, 1.807) is 0 Å². The Morgan fingerprint density at radius 3 is 2.84 bits per heavy atom. The lowest BCUT2D eigenvalue weighted by Gasteiger charge is -2.27. The van der Waals surface area contributed by atoms with Crippen molar-refractivity contribution in [1.29, 1.82) is 0 Å². The standard InChI is InChI=1S/C15H15N5O3S2/c1-10(21)16-14-17-18-15(24-14)25(22,23)19-6-7-20-12(9-19)8-11-4-2-3-5-13(11)20/h2-5,8H,6-7,9H2,1H3,(H,16,17,21). The first kappa shape index (κ1) is 16.2. The first-order valence-corrected chi connectivity index (χ1v) is 9.89. The van der Waals surface area contributed by atoms with Crippen LogP contribution < -0.4 is 5.32 Å². The molecule has 130 valence electrons. The van der Waals surface area contributed by atoms with E-state index in [0.717, 1.165) is 27.9 Å². The van der Waals surface area contributed by atoms with E-state index in [4.69, 9.17) is 0 Å². The predicted octanol–water partition coefficient (Wildman–Crippen LogP) is 1.66. The number of fused-ring (bicyclic) bond motifs is 3. The van der Waals surface area contributed by atoms with E-state index in [9.17, 15) is 13.2 Å². The van der Waals surface area contributed by atoms with Gasteiger partial charge in [-0.05, 0) is 17.5 Å². The minimum Gasteiger partial charge on any atom is -0.342 e. The van der Waals surface area contributed by atoms with Gasteiger partial charge in [-0.25, -0.2) is 8.42 Å². The number of anilines is 1. The summed E-state index contributed by atoms with van der Waals surface area (Å²) in [7, 11) is -3.74. The lowest BCUT2D eigenvalue weighted by molar-refractivity contribution is -0.114. The van der Waals surface area contributed by atoms with Gasteiger partial charge in [0.1, 0.15) is 0 Å². The van der Waals surface area contributed by atoms with Crippen LogP contribution in [0.25, 0.3) is 10.9 Å². The third-order valence-corrected chi connectivity index (χ3v) is 7.09. The zero-order valence-electron chi connectivity index (χ0n) is 13.3. The maximum absolute atomic E-state index is 12.8. The maximum Gasteiger partial charge on any atom is 0.272 e. The van der Waals surface area contributed by atoms with Gasteiger partial charge < -0.3 is 9.88 Å². The minimum absolute atomic E-state index is 0.110. The number of nitrogens with zero attached hydrogens (tertiary/aromatic N) is 4. The van der Waals surface area contributed by atoms with E-state index < -0.39 is 10.0 Å². The Kier molecular flexibility index (Phi) is 3.82. The fraction of sp³-hybridized carbons (Fsp3) is 0.267. The lowest BCUT2D eigenvalue weighted by atomic mass is 10.2. The normalized spacial score (nSPS) is 15.2. The van der Waals surface area contributed by atoms with Crippen LogP contribution in [0.2, 0.25) is 0 Å². The van der Waals surface area contributed by atoms with Crippen LogP contribution in [-0.4, -0.2) is 39.9 Å². The molecule has 0 atom stereocenters. The zero-order chi connectivity index (χ0) is 17.6. The molecule has 10 heteroatoms. The van der Waals surface area contributed by atoms with Crippen molar-refractivity contribution in [3.8, 4) is 0 Å². The molecular weight excluding hydrogens is 362 g/mol. The number of hydrogen-bond acceptors (Lipinski definition) is 6. The summed E-state index contributed by atoms with van der Waals surface area (Å²) in [5.41, 5.74) is 2.06. The molecule has 4 rings (SSSR count). The van der Waals surface area contributed by atoms with Crippen LogP contribution in [0.3, 0.4) is 0 Å². The van der Waals surface area contributed by atoms with E-state index in [1.807, 2.05) is 30.3 Å². The van der Waals surface area contributed by atoms with Gasteiger partial charge in [0.2, 0.25) is 15.4 Å². The molecule has 1 aliphatic rings. The second kappa shape index (κ2) is 5.90. The maximum atomic E-state index is 12.8. The van der Waals surface area contributed by atoms with Gasteiger partial charge in [0.25, 0.3) is 10.0 Å². The van der Waals surface area contributed by atoms with Gasteiger partial charge in [0.05, 0.1) is 6.54 Å². The highest BCUT2D eigenvalue weighted by atomic mass is 32.2. The van der Waals surface area contributed by atoms with E-state index in [-0.39, 0.29) is 21.9 Å². The lowest BCUT2D eigenvalue weighted by Crippen LogP contribution is -2.37. The number of carbonyl (C=O) groups is 1. The molecule has 3 aromatic rings. The fourth-order valence-corrected chi connectivity index (χ4v) is 5.45. The first-order chi connectivity index (χ1) is 11.9. The number of aromatic nitrogens is 3. The van der Waals surface area contributed by atoms with Crippen LogP contribution in [0.1, 0.15) is 12.6 Å². The Morgan fingerprint density at radius 2 is 2.04 bits per heavy atom. The van der Waals surface area contributed by atoms with Gasteiger partial charge >= 0.3 is 0 Å². The number of hydrogen-bond donors (Lipinski definition) is 1. The molecule has 0 saturated carbocycles. The summed E-state index contributed by atoms with van der Waals surface area (Å²) < 4.78 is 29.1. The van der Waals surface area contributed by atoms with E-state index in [2.05, 4.69) is 20.1 Å². The molecule has 0 fully saturated rings. The zero-order valence-corrected chi connectivity index (χ0v) is 15.0. The molecule has 0 saturated heterocycles. The Hall–Kier alpha value is -2.30. The van der Waals surface area contributed by atoms with E-state index in [0.29, 0.717) is 13.1 Å². The molecule has 8 nitrogen and oxygen atoms in total. The van der Waals surface area contributed by atoms with Gasteiger partial charge in [-0.15, -0.1) is 10.2 Å². The summed E-state index contributed by atoms with van der Waals surface area (Å²) in [6.07, 6.45) is 0. The molecule has 1 aromatic carbocycles. The fourth-order valence-electron chi connectivity index (χ4n) is 2.96. The smallest absolute Gasteiger partial charge is 0.272 e. The Bertz CT molecular complexity index is 1070. The summed E-state index contributed by atoms with van der Waals surface area (Å²) in [5.74, 6) is -0.317. The van der Waals surface area contributed by atoms with Crippen LogP contribution in [0, 0.1) is 0 Å². The van der Waals surface area contributed by atoms with Crippen LogP contribution in [0.5, 0.6) is 0 Å². The van der Waals surface area contributed by atoms with Crippen LogP contribution in [0.15, 0.2) is 34.7 Å². The van der Waals surface area contributed by atoms with Gasteiger partial charge in [-0.2, -0.15) is 4.31 Å². The third kappa shape index (κ3) is 2.81. The van der Waals surface area contributed by atoms with Crippen molar-refractivity contribution in [2.75, 3.05) is 11.9 Å². The number of sulfonamides is 1. The van der Waals surface area contributed by atoms with Crippen LogP contribution in [0.4, 0.5) is 5.13 Å². The Labute approximate surface area is 148 Å². The molecule has 1 amide bonds. The van der Waals surface area contributed by atoms with Gasteiger partial charge in [-0.1, -0.05) is 29.5 Å². The molecule has 3 heterocycles. The molecule has 0 unspecified atom stereocenters. The van der Waals surface area contributed by atoms with Crippen molar-refractivity contribution < 1.29 is 13.2 Å². The average Bonchev–Trinajstić information content (AvgIpc) is 3.18. The molecule has 0 aliphatic carbocycles. The summed E-state index contributed by atoms with van der Waals surface area (Å²) in [6.45, 7) is 2.56. The van der Waals surface area contributed by atoms with Crippen molar-refractivity contribution in [2.45, 2.75) is 24.4 Å². The second-order valence-electron chi connectivity index (χ2n) is 5.74.